The van der Waals surface area contributed by atoms with Crippen LogP contribution in [0.1, 0.15) is 0 Å². The lowest BCUT2D eigenvalue weighted by Crippen LogP contribution is -2.40. The van der Waals surface area contributed by atoms with Gasteiger partial charge in [0.1, 0.15) is 5.84 Å². The van der Waals surface area contributed by atoms with Crippen molar-refractivity contribution in [2.45, 2.75) is 0 Å². The molecule has 1 saturated heterocycles. The molecule has 58 valence electrons. The molecule has 1 fully saturated rings. The third-order valence-corrected chi connectivity index (χ3v) is 1.84. The van der Waals surface area contributed by atoms with Crippen LogP contribution in [0, 0.1) is 5.41 Å². The molecular weight excluding hydrogens is 148 g/mol. The van der Waals surface area contributed by atoms with Gasteiger partial charge in [0.2, 0.25) is 0 Å². The van der Waals surface area contributed by atoms with Crippen LogP contribution < -0.4 is 0 Å². The second kappa shape index (κ2) is 3.83. The molecule has 0 radical (unpaired) electrons. The molecule has 0 saturated carbocycles. The number of ether oxygens (including phenoxy) is 1. The zero-order valence-electron chi connectivity index (χ0n) is 5.84. The molecule has 1 heterocycles. The third kappa shape index (κ3) is 1.88. The Balaban J connectivity index is 2.31. The van der Waals surface area contributed by atoms with Gasteiger partial charge >= 0.3 is 0 Å². The highest BCUT2D eigenvalue weighted by atomic mass is 32.1. The Kier molecular flexibility index (Phi) is 3.02. The van der Waals surface area contributed by atoms with E-state index < -0.39 is 0 Å². The number of hydrogen-bond acceptors (Lipinski definition) is 3. The predicted octanol–water partition coefficient (Wildman–Crippen LogP) is 0.226. The highest BCUT2D eigenvalue weighted by molar-refractivity contribution is 7.81. The van der Waals surface area contributed by atoms with E-state index in [4.69, 9.17) is 10.1 Å². The number of nitrogens with zero attached hydrogens (tertiary/aromatic N) is 1. The summed E-state index contributed by atoms with van der Waals surface area (Å²) in [5.41, 5.74) is 0. The number of amidine groups is 1. The molecule has 1 aliphatic heterocycles. The highest BCUT2D eigenvalue weighted by Gasteiger charge is 2.11. The maximum Gasteiger partial charge on any atom is 0.106 e. The first kappa shape index (κ1) is 7.88. The highest BCUT2D eigenvalue weighted by Crippen LogP contribution is 1.97. The summed E-state index contributed by atoms with van der Waals surface area (Å²) < 4.78 is 5.13. The van der Waals surface area contributed by atoms with Gasteiger partial charge in [0.05, 0.1) is 13.2 Å². The molecule has 0 aromatic carbocycles. The molecule has 10 heavy (non-hydrogen) atoms. The van der Waals surface area contributed by atoms with Gasteiger partial charge in [0.25, 0.3) is 0 Å². The standard InChI is InChI=1S/C6H12N2OS/c7-6(5-10)8-1-3-9-4-2-8/h7,10H,1-5H2. The summed E-state index contributed by atoms with van der Waals surface area (Å²) in [5, 5.41) is 7.43. The molecule has 1 N–H and O–H groups in total. The van der Waals surface area contributed by atoms with Gasteiger partial charge in [0, 0.05) is 18.8 Å². The molecule has 0 unspecified atom stereocenters. The van der Waals surface area contributed by atoms with E-state index >= 15 is 0 Å². The average Bonchev–Trinajstić information content (AvgIpc) is 2.05. The van der Waals surface area contributed by atoms with Crippen LogP contribution in [-0.4, -0.2) is 42.8 Å². The lowest BCUT2D eigenvalue weighted by molar-refractivity contribution is 0.0676. The molecule has 0 aromatic heterocycles. The Labute approximate surface area is 66.3 Å². The zero-order chi connectivity index (χ0) is 7.40. The summed E-state index contributed by atoms with van der Waals surface area (Å²) in [7, 11) is 0. The van der Waals surface area contributed by atoms with Crippen LogP contribution in [0.25, 0.3) is 0 Å². The van der Waals surface area contributed by atoms with Crippen LogP contribution in [0.3, 0.4) is 0 Å². The fraction of sp³-hybridized carbons (Fsp3) is 0.833. The molecule has 0 spiro atoms. The molecule has 0 atom stereocenters. The van der Waals surface area contributed by atoms with E-state index in [1.807, 2.05) is 4.90 Å². The molecule has 0 aliphatic carbocycles. The van der Waals surface area contributed by atoms with Crippen molar-refractivity contribution in [3.8, 4) is 0 Å². The van der Waals surface area contributed by atoms with Gasteiger partial charge in [-0.25, -0.2) is 0 Å². The molecule has 4 heteroatoms. The van der Waals surface area contributed by atoms with Crippen molar-refractivity contribution in [2.75, 3.05) is 32.1 Å². The summed E-state index contributed by atoms with van der Waals surface area (Å²) in [6.07, 6.45) is 0. The Morgan fingerprint density at radius 1 is 1.50 bits per heavy atom. The van der Waals surface area contributed by atoms with Crippen molar-refractivity contribution in [3.63, 3.8) is 0 Å². The Morgan fingerprint density at radius 3 is 2.60 bits per heavy atom. The largest absolute Gasteiger partial charge is 0.378 e. The van der Waals surface area contributed by atoms with Crippen LogP contribution in [0.4, 0.5) is 0 Å². The van der Waals surface area contributed by atoms with E-state index in [1.165, 1.54) is 0 Å². The number of nitrogens with one attached hydrogen (secondary N) is 1. The number of hydrogen-bond donors (Lipinski definition) is 2. The van der Waals surface area contributed by atoms with Gasteiger partial charge < -0.3 is 9.64 Å². The number of thiol groups is 1. The molecule has 1 rings (SSSR count). The van der Waals surface area contributed by atoms with Crippen LogP contribution >= 0.6 is 12.6 Å². The first-order chi connectivity index (χ1) is 4.84. The van der Waals surface area contributed by atoms with Crippen molar-refractivity contribution in [3.05, 3.63) is 0 Å². The van der Waals surface area contributed by atoms with E-state index in [2.05, 4.69) is 12.6 Å². The average molecular weight is 160 g/mol. The monoisotopic (exact) mass is 160 g/mol. The molecule has 0 bridgehead atoms. The lowest BCUT2D eigenvalue weighted by atomic mass is 10.4. The van der Waals surface area contributed by atoms with E-state index in [1.54, 1.807) is 0 Å². The van der Waals surface area contributed by atoms with Crippen molar-refractivity contribution < 1.29 is 4.74 Å². The Hall–Kier alpha value is -0.220. The van der Waals surface area contributed by atoms with Gasteiger partial charge in [-0.1, -0.05) is 0 Å². The summed E-state index contributed by atoms with van der Waals surface area (Å²) in [6, 6.07) is 0. The van der Waals surface area contributed by atoms with Gasteiger partial charge in [-0.3, -0.25) is 5.41 Å². The van der Waals surface area contributed by atoms with Crippen molar-refractivity contribution >= 4 is 18.5 Å². The molecular formula is C6H12N2OS. The van der Waals surface area contributed by atoms with Crippen molar-refractivity contribution in [2.24, 2.45) is 0 Å². The Morgan fingerprint density at radius 2 is 2.10 bits per heavy atom. The summed E-state index contributed by atoms with van der Waals surface area (Å²) in [6.45, 7) is 3.19. The second-order valence-electron chi connectivity index (χ2n) is 2.20. The fourth-order valence-electron chi connectivity index (χ4n) is 0.933. The third-order valence-electron chi connectivity index (χ3n) is 1.54. The van der Waals surface area contributed by atoms with E-state index in [0.29, 0.717) is 11.6 Å². The number of morpholine rings is 1. The smallest absolute Gasteiger partial charge is 0.106 e. The minimum absolute atomic E-state index is 0.528. The molecule has 0 amide bonds. The maximum absolute atomic E-state index is 7.43. The van der Waals surface area contributed by atoms with Crippen LogP contribution in [0.2, 0.25) is 0 Å². The topological polar surface area (TPSA) is 36.3 Å². The van der Waals surface area contributed by atoms with E-state index in [-0.39, 0.29) is 0 Å². The van der Waals surface area contributed by atoms with Crippen LogP contribution in [0.5, 0.6) is 0 Å². The lowest BCUT2D eigenvalue weighted by Gasteiger charge is -2.28. The minimum Gasteiger partial charge on any atom is -0.378 e. The summed E-state index contributed by atoms with van der Waals surface area (Å²) in [5.74, 6) is 1.13. The molecule has 0 aromatic rings. The first-order valence-corrected chi connectivity index (χ1v) is 3.99. The second-order valence-corrected chi connectivity index (χ2v) is 2.52. The SMILES string of the molecule is N=C(CS)N1CCOCC1. The number of rotatable bonds is 1. The Bertz CT molecular complexity index is 123. The normalized spacial score (nSPS) is 19.1. The quantitative estimate of drug-likeness (QED) is 0.327. The van der Waals surface area contributed by atoms with Gasteiger partial charge in [0.15, 0.2) is 0 Å². The maximum atomic E-state index is 7.43. The first-order valence-electron chi connectivity index (χ1n) is 3.35. The van der Waals surface area contributed by atoms with E-state index in [9.17, 15) is 0 Å². The predicted molar refractivity (Wildman–Crippen MR) is 44.0 cm³/mol. The van der Waals surface area contributed by atoms with Crippen LogP contribution in [0.15, 0.2) is 0 Å². The van der Waals surface area contributed by atoms with Gasteiger partial charge in [-0.05, 0) is 0 Å². The van der Waals surface area contributed by atoms with Crippen LogP contribution in [-0.2, 0) is 4.74 Å². The molecule has 1 aliphatic rings. The summed E-state index contributed by atoms with van der Waals surface area (Å²) >= 11 is 4.02. The van der Waals surface area contributed by atoms with Crippen molar-refractivity contribution in [1.82, 2.24) is 4.90 Å². The van der Waals surface area contributed by atoms with Crippen molar-refractivity contribution in [1.29, 1.82) is 5.41 Å². The van der Waals surface area contributed by atoms with Gasteiger partial charge in [-0.2, -0.15) is 12.6 Å². The van der Waals surface area contributed by atoms with Gasteiger partial charge in [-0.15, -0.1) is 0 Å². The summed E-state index contributed by atoms with van der Waals surface area (Å²) in [4.78, 5) is 2.00. The van der Waals surface area contributed by atoms with E-state index in [0.717, 1.165) is 26.3 Å². The minimum atomic E-state index is 0.528. The fourth-order valence-corrected chi connectivity index (χ4v) is 1.13. The zero-order valence-corrected chi connectivity index (χ0v) is 6.73. The molecule has 3 nitrogen and oxygen atoms in total.